The third-order valence-corrected chi connectivity index (χ3v) is 5.04. The van der Waals surface area contributed by atoms with Gasteiger partial charge in [-0.25, -0.2) is 9.69 Å². The van der Waals surface area contributed by atoms with Gasteiger partial charge >= 0.3 is 6.03 Å². The summed E-state index contributed by atoms with van der Waals surface area (Å²) in [7, 11) is 0. The number of hydrogen-bond acceptors (Lipinski definition) is 4. The van der Waals surface area contributed by atoms with Crippen molar-refractivity contribution >= 4 is 29.6 Å². The van der Waals surface area contributed by atoms with Crippen LogP contribution in [-0.4, -0.2) is 35.4 Å². The van der Waals surface area contributed by atoms with E-state index >= 15 is 0 Å². The summed E-state index contributed by atoms with van der Waals surface area (Å²) in [5.41, 5.74) is 2.53. The molecule has 1 heterocycles. The van der Waals surface area contributed by atoms with Crippen LogP contribution in [0.3, 0.4) is 0 Å². The maximum atomic E-state index is 12.7. The average Bonchev–Trinajstić information content (AvgIpc) is 3.02. The summed E-state index contributed by atoms with van der Waals surface area (Å²) in [6, 6.07) is 14.1. The average molecular weight is 421 g/mol. The van der Waals surface area contributed by atoms with Crippen LogP contribution >= 0.6 is 0 Å². The van der Waals surface area contributed by atoms with E-state index in [1.54, 1.807) is 24.3 Å². The first-order chi connectivity index (χ1) is 14.9. The van der Waals surface area contributed by atoms with Gasteiger partial charge in [-0.05, 0) is 55.2 Å². The number of benzene rings is 2. The molecule has 7 heteroatoms. The Hall–Kier alpha value is -3.61. The van der Waals surface area contributed by atoms with Gasteiger partial charge in [0.25, 0.3) is 5.91 Å². The summed E-state index contributed by atoms with van der Waals surface area (Å²) in [5, 5.41) is 5.31. The molecule has 2 aromatic carbocycles. The fourth-order valence-corrected chi connectivity index (χ4v) is 3.12. The lowest BCUT2D eigenvalue weighted by molar-refractivity contribution is -0.127. The van der Waals surface area contributed by atoms with Crippen molar-refractivity contribution in [2.75, 3.05) is 11.9 Å². The second-order valence-corrected chi connectivity index (χ2v) is 7.34. The summed E-state index contributed by atoms with van der Waals surface area (Å²) in [6.45, 7) is 5.67. The molecule has 1 aliphatic heterocycles. The number of rotatable bonds is 8. The Morgan fingerprint density at radius 3 is 2.52 bits per heavy atom. The largest absolute Gasteiger partial charge is 0.491 e. The summed E-state index contributed by atoms with van der Waals surface area (Å²) in [4.78, 5) is 38.2. The standard InChI is InChI=1S/C24H27N3O4/c1-4-16(3)31-19-12-10-17(11-13-19)14-21-23(29)27(24(30)26-21)15-22(28)25-20-9-7-6-8-18(20)5-2/h6-14,16H,4-5,15H2,1-3H3,(H,25,28)(H,26,30)/b21-14+/t16-/m1/s1. The Morgan fingerprint density at radius 2 is 1.84 bits per heavy atom. The number of para-hydroxylation sites is 1. The molecule has 3 rings (SSSR count). The molecule has 0 spiro atoms. The predicted molar refractivity (Wildman–Crippen MR) is 119 cm³/mol. The van der Waals surface area contributed by atoms with Crippen molar-refractivity contribution in [2.24, 2.45) is 0 Å². The quantitative estimate of drug-likeness (QED) is 0.499. The molecular formula is C24H27N3O4. The van der Waals surface area contributed by atoms with Gasteiger partial charge in [-0.1, -0.05) is 44.2 Å². The van der Waals surface area contributed by atoms with Crippen LogP contribution in [0.4, 0.5) is 10.5 Å². The zero-order valence-corrected chi connectivity index (χ0v) is 18.0. The van der Waals surface area contributed by atoms with Gasteiger partial charge in [0.05, 0.1) is 6.10 Å². The van der Waals surface area contributed by atoms with Crippen LogP contribution in [0.25, 0.3) is 6.08 Å². The molecule has 4 amide bonds. The lowest BCUT2D eigenvalue weighted by Gasteiger charge is -2.13. The molecule has 1 saturated heterocycles. The van der Waals surface area contributed by atoms with E-state index in [9.17, 15) is 14.4 Å². The van der Waals surface area contributed by atoms with Crippen LogP contribution in [0.1, 0.15) is 38.3 Å². The monoisotopic (exact) mass is 421 g/mol. The zero-order valence-electron chi connectivity index (χ0n) is 18.0. The number of aryl methyl sites for hydroxylation is 1. The molecule has 7 nitrogen and oxygen atoms in total. The van der Waals surface area contributed by atoms with E-state index < -0.39 is 17.8 Å². The molecule has 0 aliphatic carbocycles. The van der Waals surface area contributed by atoms with Crippen molar-refractivity contribution in [3.8, 4) is 5.75 Å². The van der Waals surface area contributed by atoms with Gasteiger partial charge in [-0.15, -0.1) is 0 Å². The fourth-order valence-electron chi connectivity index (χ4n) is 3.12. The van der Waals surface area contributed by atoms with E-state index in [1.807, 2.05) is 51.1 Å². The zero-order chi connectivity index (χ0) is 22.4. The first-order valence-electron chi connectivity index (χ1n) is 10.4. The normalized spacial score (nSPS) is 15.7. The van der Waals surface area contributed by atoms with Gasteiger partial charge < -0.3 is 15.4 Å². The molecule has 0 aromatic heterocycles. The van der Waals surface area contributed by atoms with Crippen LogP contribution in [0, 0.1) is 0 Å². The Balaban J connectivity index is 1.65. The minimum atomic E-state index is -0.619. The van der Waals surface area contributed by atoms with Crippen molar-refractivity contribution < 1.29 is 19.1 Å². The first kappa shape index (κ1) is 22.1. The number of carbonyl (C=O) groups is 3. The maximum Gasteiger partial charge on any atom is 0.329 e. The van der Waals surface area contributed by atoms with Crippen molar-refractivity contribution in [1.29, 1.82) is 0 Å². The highest BCUT2D eigenvalue weighted by Crippen LogP contribution is 2.19. The molecule has 2 N–H and O–H groups in total. The highest BCUT2D eigenvalue weighted by molar-refractivity contribution is 6.16. The summed E-state index contributed by atoms with van der Waals surface area (Å²) < 4.78 is 5.74. The molecule has 2 aromatic rings. The second-order valence-electron chi connectivity index (χ2n) is 7.34. The lowest BCUT2D eigenvalue weighted by atomic mass is 10.1. The van der Waals surface area contributed by atoms with Crippen LogP contribution in [0.15, 0.2) is 54.2 Å². The van der Waals surface area contributed by atoms with E-state index in [-0.39, 0.29) is 18.3 Å². The summed E-state index contributed by atoms with van der Waals surface area (Å²) >= 11 is 0. The minimum absolute atomic E-state index is 0.115. The van der Waals surface area contributed by atoms with Crippen molar-refractivity contribution in [1.82, 2.24) is 10.2 Å². The van der Waals surface area contributed by atoms with E-state index in [1.165, 1.54) is 0 Å². The smallest absolute Gasteiger partial charge is 0.329 e. The Labute approximate surface area is 182 Å². The van der Waals surface area contributed by atoms with E-state index in [0.29, 0.717) is 5.69 Å². The molecule has 0 bridgehead atoms. The molecule has 1 aliphatic rings. The van der Waals surface area contributed by atoms with Crippen LogP contribution in [0.5, 0.6) is 5.75 Å². The Kier molecular flexibility index (Phi) is 7.07. The maximum absolute atomic E-state index is 12.7. The molecule has 0 saturated carbocycles. The van der Waals surface area contributed by atoms with Crippen molar-refractivity contribution in [3.63, 3.8) is 0 Å². The van der Waals surface area contributed by atoms with Gasteiger partial charge in [0, 0.05) is 5.69 Å². The Bertz CT molecular complexity index is 998. The number of ether oxygens (including phenoxy) is 1. The highest BCUT2D eigenvalue weighted by Gasteiger charge is 2.34. The van der Waals surface area contributed by atoms with Gasteiger partial charge in [-0.2, -0.15) is 0 Å². The molecule has 31 heavy (non-hydrogen) atoms. The number of imide groups is 1. The SMILES string of the molecule is CCc1ccccc1NC(=O)CN1C(=O)N/C(=C/c2ccc(O[C@H](C)CC)cc2)C1=O. The van der Waals surface area contributed by atoms with E-state index in [2.05, 4.69) is 10.6 Å². The second kappa shape index (κ2) is 9.93. The summed E-state index contributed by atoms with van der Waals surface area (Å²) in [6.07, 6.45) is 3.36. The summed E-state index contributed by atoms with van der Waals surface area (Å²) in [5.74, 6) is -0.231. The van der Waals surface area contributed by atoms with Gasteiger partial charge in [0.1, 0.15) is 18.0 Å². The lowest BCUT2D eigenvalue weighted by Crippen LogP contribution is -2.38. The number of amides is 4. The third-order valence-electron chi connectivity index (χ3n) is 5.04. The van der Waals surface area contributed by atoms with Crippen LogP contribution < -0.4 is 15.4 Å². The van der Waals surface area contributed by atoms with Crippen LogP contribution in [-0.2, 0) is 16.0 Å². The molecule has 162 valence electrons. The van der Waals surface area contributed by atoms with Gasteiger partial charge in [-0.3, -0.25) is 9.59 Å². The number of anilines is 1. The van der Waals surface area contributed by atoms with Gasteiger partial charge in [0.15, 0.2) is 0 Å². The number of nitrogens with zero attached hydrogens (tertiary/aromatic N) is 1. The van der Waals surface area contributed by atoms with Crippen molar-refractivity contribution in [3.05, 3.63) is 65.4 Å². The number of hydrogen-bond donors (Lipinski definition) is 2. The number of nitrogens with one attached hydrogen (secondary N) is 2. The number of carbonyl (C=O) groups excluding carboxylic acids is 3. The number of urea groups is 1. The van der Waals surface area contributed by atoms with Crippen LogP contribution in [0.2, 0.25) is 0 Å². The predicted octanol–water partition coefficient (Wildman–Crippen LogP) is 3.96. The minimum Gasteiger partial charge on any atom is -0.491 e. The third kappa shape index (κ3) is 5.51. The molecule has 1 atom stereocenters. The van der Waals surface area contributed by atoms with E-state index in [4.69, 9.17) is 4.74 Å². The molecule has 1 fully saturated rings. The first-order valence-corrected chi connectivity index (χ1v) is 10.4. The van der Waals surface area contributed by atoms with E-state index in [0.717, 1.165) is 34.6 Å². The topological polar surface area (TPSA) is 87.7 Å². The molecule has 0 radical (unpaired) electrons. The Morgan fingerprint density at radius 1 is 1.13 bits per heavy atom. The highest BCUT2D eigenvalue weighted by atomic mass is 16.5. The van der Waals surface area contributed by atoms with Gasteiger partial charge in [0.2, 0.25) is 5.91 Å². The van der Waals surface area contributed by atoms with Crippen molar-refractivity contribution in [2.45, 2.75) is 39.7 Å². The molecule has 0 unspecified atom stereocenters. The molecular weight excluding hydrogens is 394 g/mol. The fraction of sp³-hybridized carbons (Fsp3) is 0.292.